The number of carbonyl (C=O) groups is 1. The fraction of sp³-hybridized carbons (Fsp3) is 0.462. The van der Waals surface area contributed by atoms with Crippen LogP contribution in [0.15, 0.2) is 42.7 Å². The second kappa shape index (κ2) is 11.4. The Morgan fingerprint density at radius 3 is 2.54 bits per heavy atom. The molecule has 1 amide bonds. The molecule has 2 aliphatic rings. The van der Waals surface area contributed by atoms with Gasteiger partial charge in [-0.1, -0.05) is 24.3 Å². The molecule has 3 aromatic rings. The van der Waals surface area contributed by atoms with Gasteiger partial charge in [-0.3, -0.25) is 9.78 Å². The summed E-state index contributed by atoms with van der Waals surface area (Å²) in [6.45, 7) is 1.66. The van der Waals surface area contributed by atoms with Gasteiger partial charge in [-0.15, -0.1) is 0 Å². The predicted molar refractivity (Wildman–Crippen MR) is 142 cm³/mol. The van der Waals surface area contributed by atoms with E-state index in [4.69, 9.17) is 9.72 Å². The summed E-state index contributed by atoms with van der Waals surface area (Å²) in [7, 11) is -3.17. The van der Waals surface area contributed by atoms with E-state index in [9.17, 15) is 22.0 Å². The largest absolute Gasteiger partial charge is 0.373 e. The van der Waals surface area contributed by atoms with Crippen LogP contribution in [0.25, 0.3) is 22.3 Å². The summed E-state index contributed by atoms with van der Waals surface area (Å²) >= 11 is 0. The molecule has 2 fully saturated rings. The lowest BCUT2D eigenvalue weighted by Gasteiger charge is -2.33. The summed E-state index contributed by atoms with van der Waals surface area (Å²) < 4.78 is 56.6. The Morgan fingerprint density at radius 2 is 1.85 bits per heavy atom. The number of anilines is 1. The third-order valence-corrected chi connectivity index (χ3v) is 8.49. The van der Waals surface area contributed by atoms with E-state index in [1.807, 2.05) is 18.2 Å². The highest BCUT2D eigenvalue weighted by molar-refractivity contribution is 7.88. The summed E-state index contributed by atoms with van der Waals surface area (Å²) in [5.74, 6) is -0.422. The molecule has 0 aliphatic carbocycles. The highest BCUT2D eigenvalue weighted by atomic mass is 32.2. The zero-order valence-corrected chi connectivity index (χ0v) is 22.3. The van der Waals surface area contributed by atoms with E-state index in [-0.39, 0.29) is 32.2 Å². The van der Waals surface area contributed by atoms with Crippen LogP contribution in [-0.2, 0) is 19.6 Å². The van der Waals surface area contributed by atoms with Crippen LogP contribution in [0, 0.1) is 0 Å². The van der Waals surface area contributed by atoms with Crippen LogP contribution in [0.1, 0.15) is 24.3 Å². The van der Waals surface area contributed by atoms with E-state index in [0.717, 1.165) is 28.9 Å². The number of carbonyl (C=O) groups excluding carboxylic acids is 1. The van der Waals surface area contributed by atoms with Gasteiger partial charge in [-0.25, -0.2) is 22.7 Å². The Bertz CT molecular complexity index is 1430. The van der Waals surface area contributed by atoms with Crippen LogP contribution >= 0.6 is 0 Å². The van der Waals surface area contributed by atoms with E-state index < -0.39 is 28.5 Å². The van der Waals surface area contributed by atoms with Crippen LogP contribution in [-0.4, -0.2) is 96.6 Å². The fourth-order valence-electron chi connectivity index (χ4n) is 5.08. The molecule has 0 saturated carbocycles. The number of benzene rings is 1. The number of ether oxygens (including phenoxy) is 1. The van der Waals surface area contributed by atoms with Gasteiger partial charge in [0.05, 0.1) is 30.2 Å². The van der Waals surface area contributed by atoms with Crippen LogP contribution in [0.3, 0.4) is 0 Å². The highest BCUT2D eigenvalue weighted by Gasteiger charge is 2.29. The van der Waals surface area contributed by atoms with Crippen LogP contribution in [0.4, 0.5) is 14.6 Å². The number of nitrogens with zero attached hydrogens (tertiary/aromatic N) is 5. The number of sulfonamides is 1. The van der Waals surface area contributed by atoms with Gasteiger partial charge < -0.3 is 15.0 Å². The molecular formula is C26H30F2N6O4S. The molecule has 39 heavy (non-hydrogen) atoms. The maximum atomic E-state index is 12.9. The van der Waals surface area contributed by atoms with Crippen LogP contribution in [0.2, 0.25) is 0 Å². The van der Waals surface area contributed by atoms with Gasteiger partial charge in [-0.2, -0.15) is 8.78 Å². The predicted octanol–water partition coefficient (Wildman–Crippen LogP) is 2.74. The molecular weight excluding hydrogens is 530 g/mol. The normalized spacial score (nSPS) is 19.5. The number of alkyl halides is 2. The van der Waals surface area contributed by atoms with Gasteiger partial charge in [0.25, 0.3) is 5.91 Å². The van der Waals surface area contributed by atoms with Crippen molar-refractivity contribution >= 4 is 32.8 Å². The Labute approximate surface area is 225 Å². The third kappa shape index (κ3) is 6.31. The number of pyridine rings is 1. The first-order chi connectivity index (χ1) is 18.7. The Balaban J connectivity index is 1.31. The second-order valence-electron chi connectivity index (χ2n) is 9.80. The number of rotatable bonds is 7. The number of hydrogen-bond donors (Lipinski definition) is 1. The number of morpholine rings is 1. The summed E-state index contributed by atoms with van der Waals surface area (Å²) in [5.41, 5.74) is 3.92. The molecule has 0 unspecified atom stereocenters. The van der Waals surface area contributed by atoms with Crippen molar-refractivity contribution in [3.05, 3.63) is 48.3 Å². The smallest absolute Gasteiger partial charge is 0.315 e. The molecule has 1 aromatic carbocycles. The summed E-state index contributed by atoms with van der Waals surface area (Å²) in [4.78, 5) is 26.4. The van der Waals surface area contributed by atoms with Crippen molar-refractivity contribution in [3.8, 4) is 11.3 Å². The minimum atomic E-state index is -3.17. The van der Waals surface area contributed by atoms with Crippen LogP contribution in [0.5, 0.6) is 0 Å². The van der Waals surface area contributed by atoms with E-state index >= 15 is 0 Å². The van der Waals surface area contributed by atoms with Crippen molar-refractivity contribution in [2.24, 2.45) is 0 Å². The number of aromatic nitrogens is 3. The molecule has 0 radical (unpaired) electrons. The van der Waals surface area contributed by atoms with Gasteiger partial charge in [0.15, 0.2) is 5.82 Å². The van der Waals surface area contributed by atoms with Crippen molar-refractivity contribution in [2.75, 3.05) is 50.9 Å². The molecule has 5 rings (SSSR count). The average molecular weight is 561 g/mol. The SMILES string of the molecule is CS(=O)(=O)N1CCC(c2ccc(-c3cc4nccnc4c(NC[C@@H]4CN(C(=O)C(F)F)CCO4)n3)cc2)CC1. The summed E-state index contributed by atoms with van der Waals surface area (Å²) in [6.07, 6.45) is 2.44. The zero-order chi connectivity index (χ0) is 27.6. The lowest BCUT2D eigenvalue weighted by molar-refractivity contribution is -0.149. The van der Waals surface area contributed by atoms with Crippen molar-refractivity contribution in [1.29, 1.82) is 0 Å². The van der Waals surface area contributed by atoms with E-state index in [0.29, 0.717) is 35.6 Å². The molecule has 0 bridgehead atoms. The molecule has 2 aromatic heterocycles. The Kier molecular flexibility index (Phi) is 8.01. The molecule has 10 nitrogen and oxygen atoms in total. The molecule has 208 valence electrons. The monoisotopic (exact) mass is 560 g/mol. The molecule has 0 spiro atoms. The highest BCUT2D eigenvalue weighted by Crippen LogP contribution is 2.31. The van der Waals surface area contributed by atoms with Gasteiger partial charge in [0.1, 0.15) is 5.52 Å². The summed E-state index contributed by atoms with van der Waals surface area (Å²) in [5, 5.41) is 3.22. The first kappa shape index (κ1) is 27.3. The number of nitrogens with one attached hydrogen (secondary N) is 1. The molecule has 1 N–H and O–H groups in total. The minimum Gasteiger partial charge on any atom is -0.373 e. The quantitative estimate of drug-likeness (QED) is 0.469. The van der Waals surface area contributed by atoms with E-state index in [1.54, 1.807) is 12.4 Å². The van der Waals surface area contributed by atoms with E-state index in [1.165, 1.54) is 10.6 Å². The number of fused-ring (bicyclic) bond motifs is 1. The zero-order valence-electron chi connectivity index (χ0n) is 21.5. The molecule has 2 aliphatic heterocycles. The lowest BCUT2D eigenvalue weighted by Crippen LogP contribution is -2.49. The number of piperidine rings is 1. The topological polar surface area (TPSA) is 118 Å². The second-order valence-corrected chi connectivity index (χ2v) is 11.8. The molecule has 13 heteroatoms. The maximum absolute atomic E-state index is 12.9. The van der Waals surface area contributed by atoms with Crippen molar-refractivity contribution in [2.45, 2.75) is 31.3 Å². The van der Waals surface area contributed by atoms with Crippen LogP contribution < -0.4 is 5.32 Å². The first-order valence-electron chi connectivity index (χ1n) is 12.8. The van der Waals surface area contributed by atoms with Crippen molar-refractivity contribution < 1.29 is 26.7 Å². The number of amides is 1. The number of halogens is 2. The first-order valence-corrected chi connectivity index (χ1v) is 14.6. The van der Waals surface area contributed by atoms with Gasteiger partial charge in [-0.05, 0) is 30.4 Å². The lowest BCUT2D eigenvalue weighted by atomic mass is 9.89. The van der Waals surface area contributed by atoms with Gasteiger partial charge in [0, 0.05) is 50.7 Å². The standard InChI is InChI=1S/C26H30F2N6O4S/c1-39(36,37)34-10-6-18(7-11-34)17-2-4-19(5-3-17)21-14-22-23(30-9-8-29-22)25(32-21)31-15-20-16-33(12-13-38-20)26(35)24(27)28/h2-5,8-9,14,18,20,24H,6-7,10-13,15-16H2,1H3,(H,31,32)/t20-/m1/s1. The number of hydrogen-bond acceptors (Lipinski definition) is 8. The Hall–Kier alpha value is -3.29. The Morgan fingerprint density at radius 1 is 1.13 bits per heavy atom. The fourth-order valence-corrected chi connectivity index (χ4v) is 5.96. The average Bonchev–Trinajstić information content (AvgIpc) is 2.95. The van der Waals surface area contributed by atoms with Gasteiger partial charge >= 0.3 is 6.43 Å². The maximum Gasteiger partial charge on any atom is 0.315 e. The molecule has 2 saturated heterocycles. The van der Waals surface area contributed by atoms with Crippen molar-refractivity contribution in [1.82, 2.24) is 24.2 Å². The van der Waals surface area contributed by atoms with E-state index in [2.05, 4.69) is 27.4 Å². The molecule has 1 atom stereocenters. The van der Waals surface area contributed by atoms with Crippen molar-refractivity contribution in [3.63, 3.8) is 0 Å². The third-order valence-electron chi connectivity index (χ3n) is 7.19. The van der Waals surface area contributed by atoms with Gasteiger partial charge in [0.2, 0.25) is 10.0 Å². The minimum absolute atomic E-state index is 0.0596. The molecule has 4 heterocycles. The summed E-state index contributed by atoms with van der Waals surface area (Å²) in [6, 6.07) is 9.94.